The van der Waals surface area contributed by atoms with Gasteiger partial charge in [0.1, 0.15) is 17.3 Å². The van der Waals surface area contributed by atoms with Crippen LogP contribution in [0.15, 0.2) is 36.4 Å². The van der Waals surface area contributed by atoms with E-state index in [-0.39, 0.29) is 18.2 Å². The Morgan fingerprint density at radius 3 is 2.44 bits per heavy atom. The van der Waals surface area contributed by atoms with Crippen LogP contribution >= 0.6 is 24.0 Å². The molecule has 3 rings (SSSR count). The maximum atomic E-state index is 12.6. The van der Waals surface area contributed by atoms with Crippen molar-refractivity contribution < 1.29 is 14.3 Å². The summed E-state index contributed by atoms with van der Waals surface area (Å²) in [6, 6.07) is 11.8. The number of piperidine rings is 1. The summed E-state index contributed by atoms with van der Waals surface area (Å²) in [6.45, 7) is 3.24. The van der Waals surface area contributed by atoms with Crippen LogP contribution in [-0.4, -0.2) is 44.5 Å². The molecule has 0 radical (unpaired) electrons. The van der Waals surface area contributed by atoms with Crippen molar-refractivity contribution in [1.82, 2.24) is 4.90 Å². The van der Waals surface area contributed by atoms with E-state index in [1.165, 1.54) is 5.56 Å². The Hall–Kier alpha value is -1.95. The van der Waals surface area contributed by atoms with Crippen molar-refractivity contribution in [3.8, 4) is 11.5 Å². The summed E-state index contributed by atoms with van der Waals surface area (Å²) in [6.07, 6.45) is 5.33. The van der Waals surface area contributed by atoms with E-state index in [0.717, 1.165) is 56.6 Å². The van der Waals surface area contributed by atoms with Gasteiger partial charge < -0.3 is 20.1 Å². The number of hydrogen-bond acceptors (Lipinski definition) is 5. The third kappa shape index (κ3) is 7.58. The number of aryl methyl sites for hydroxylation is 1. The molecule has 5 nitrogen and oxygen atoms in total. The van der Waals surface area contributed by atoms with Gasteiger partial charge in [-0.05, 0) is 75.0 Å². The molecule has 176 valence electrons. The van der Waals surface area contributed by atoms with Crippen molar-refractivity contribution in [3.05, 3.63) is 52.5 Å². The predicted molar refractivity (Wildman–Crippen MR) is 133 cm³/mol. The van der Waals surface area contributed by atoms with Gasteiger partial charge in [0.25, 0.3) is 0 Å². The third-order valence-corrected chi connectivity index (χ3v) is 6.44. The average molecular weight is 481 g/mol. The Balaban J connectivity index is 0.00000363. The molecule has 0 unspecified atom stereocenters. The molecule has 2 aromatic carbocycles. The van der Waals surface area contributed by atoms with Crippen LogP contribution in [0.5, 0.6) is 11.5 Å². The Bertz CT molecular complexity index is 866. The van der Waals surface area contributed by atoms with E-state index >= 15 is 0 Å². The molecule has 1 saturated heterocycles. The number of likely N-dealkylation sites (tertiary alicyclic amines) is 1. The molecule has 0 aromatic heterocycles. The first-order chi connectivity index (χ1) is 15.0. The van der Waals surface area contributed by atoms with Crippen LogP contribution < -0.4 is 15.2 Å². The number of rotatable bonds is 10. The van der Waals surface area contributed by atoms with E-state index < -0.39 is 0 Å². The normalized spacial score (nSPS) is 14.6. The molecule has 2 N–H and O–H groups in total. The zero-order valence-corrected chi connectivity index (χ0v) is 20.5. The van der Waals surface area contributed by atoms with Crippen molar-refractivity contribution >= 4 is 35.5 Å². The molecule has 0 bridgehead atoms. The monoisotopic (exact) mass is 480 g/mol. The fourth-order valence-electron chi connectivity index (χ4n) is 4.26. The standard InChI is InChI=1S/C25H33ClN2O3.ClH/c1-30-22-7-5-18(6-8-22)4-3-11-28-12-9-19(10-13-28)14-21(29)15-20-16-23(26)24(27)17-25(20)31-2;/h5-8,16-17,19H,3-4,9-15,27H2,1-2H3;1H. The van der Waals surface area contributed by atoms with Gasteiger partial charge in [0, 0.05) is 24.5 Å². The Labute approximate surface area is 202 Å². The molecule has 0 spiro atoms. The lowest BCUT2D eigenvalue weighted by molar-refractivity contribution is -0.119. The number of nitrogens with zero attached hydrogens (tertiary/aromatic N) is 1. The van der Waals surface area contributed by atoms with Crippen LogP contribution in [0, 0.1) is 5.92 Å². The molecule has 1 heterocycles. The Kier molecular flexibility index (Phi) is 10.6. The van der Waals surface area contributed by atoms with Crippen LogP contribution in [0.3, 0.4) is 0 Å². The highest BCUT2D eigenvalue weighted by Crippen LogP contribution is 2.30. The van der Waals surface area contributed by atoms with Crippen molar-refractivity contribution in [1.29, 1.82) is 0 Å². The summed E-state index contributed by atoms with van der Waals surface area (Å²) >= 11 is 6.13. The molecule has 32 heavy (non-hydrogen) atoms. The van der Waals surface area contributed by atoms with E-state index in [0.29, 0.717) is 35.2 Å². The molecule has 0 saturated carbocycles. The minimum atomic E-state index is 0. The number of carbonyl (C=O) groups excluding carboxylic acids is 1. The van der Waals surface area contributed by atoms with E-state index in [4.69, 9.17) is 26.8 Å². The zero-order chi connectivity index (χ0) is 22.2. The highest BCUT2D eigenvalue weighted by molar-refractivity contribution is 6.33. The highest BCUT2D eigenvalue weighted by Gasteiger charge is 2.22. The van der Waals surface area contributed by atoms with Gasteiger partial charge in [0.05, 0.1) is 24.9 Å². The summed E-state index contributed by atoms with van der Waals surface area (Å²) in [7, 11) is 3.28. The van der Waals surface area contributed by atoms with Crippen LogP contribution in [0.25, 0.3) is 0 Å². The van der Waals surface area contributed by atoms with Gasteiger partial charge in [0.15, 0.2) is 0 Å². The number of benzene rings is 2. The first kappa shape index (κ1) is 26.3. The maximum Gasteiger partial charge on any atom is 0.137 e. The summed E-state index contributed by atoms with van der Waals surface area (Å²) < 4.78 is 10.6. The molecule has 2 aromatic rings. The molecule has 0 atom stereocenters. The van der Waals surface area contributed by atoms with Gasteiger partial charge >= 0.3 is 0 Å². The molecular formula is C25H34Cl2N2O3. The van der Waals surface area contributed by atoms with Gasteiger partial charge in [-0.15, -0.1) is 12.4 Å². The van der Waals surface area contributed by atoms with Gasteiger partial charge in [-0.2, -0.15) is 0 Å². The van der Waals surface area contributed by atoms with Crippen molar-refractivity contribution in [2.24, 2.45) is 5.92 Å². The third-order valence-electron chi connectivity index (χ3n) is 6.11. The van der Waals surface area contributed by atoms with Gasteiger partial charge in [0.2, 0.25) is 0 Å². The average Bonchev–Trinajstić information content (AvgIpc) is 2.77. The topological polar surface area (TPSA) is 64.8 Å². The fourth-order valence-corrected chi connectivity index (χ4v) is 4.44. The van der Waals surface area contributed by atoms with E-state index in [1.807, 2.05) is 12.1 Å². The lowest BCUT2D eigenvalue weighted by Crippen LogP contribution is -2.35. The van der Waals surface area contributed by atoms with Gasteiger partial charge in [-0.1, -0.05) is 23.7 Å². The smallest absolute Gasteiger partial charge is 0.137 e. The maximum absolute atomic E-state index is 12.6. The zero-order valence-electron chi connectivity index (χ0n) is 18.9. The molecule has 7 heteroatoms. The van der Waals surface area contributed by atoms with E-state index in [9.17, 15) is 4.79 Å². The molecule has 0 amide bonds. The number of anilines is 1. The van der Waals surface area contributed by atoms with Crippen molar-refractivity contribution in [2.45, 2.75) is 38.5 Å². The van der Waals surface area contributed by atoms with Crippen molar-refractivity contribution in [2.75, 3.05) is 39.6 Å². The van der Waals surface area contributed by atoms with E-state index in [1.54, 1.807) is 26.4 Å². The van der Waals surface area contributed by atoms with Crippen LogP contribution in [0.2, 0.25) is 5.02 Å². The summed E-state index contributed by atoms with van der Waals surface area (Å²) in [5, 5.41) is 0.464. The highest BCUT2D eigenvalue weighted by atomic mass is 35.5. The first-order valence-corrected chi connectivity index (χ1v) is 11.3. The van der Waals surface area contributed by atoms with Crippen molar-refractivity contribution in [3.63, 3.8) is 0 Å². The number of nitrogens with two attached hydrogens (primary N) is 1. The van der Waals surface area contributed by atoms with Crippen LogP contribution in [-0.2, 0) is 17.6 Å². The number of hydrogen-bond donors (Lipinski definition) is 1. The second-order valence-electron chi connectivity index (χ2n) is 8.34. The van der Waals surface area contributed by atoms with Gasteiger partial charge in [-0.3, -0.25) is 4.79 Å². The Morgan fingerprint density at radius 2 is 1.81 bits per heavy atom. The summed E-state index contributed by atoms with van der Waals surface area (Å²) in [5.74, 6) is 2.22. The second kappa shape index (κ2) is 12.9. The fraction of sp³-hybridized carbons (Fsp3) is 0.480. The van der Waals surface area contributed by atoms with Crippen LogP contribution in [0.1, 0.15) is 36.8 Å². The lowest BCUT2D eigenvalue weighted by atomic mass is 9.90. The quantitative estimate of drug-likeness (QED) is 0.472. The number of halogens is 2. The van der Waals surface area contributed by atoms with Crippen LogP contribution in [0.4, 0.5) is 5.69 Å². The first-order valence-electron chi connectivity index (χ1n) is 11.0. The molecule has 1 aliphatic rings. The number of ether oxygens (including phenoxy) is 2. The van der Waals surface area contributed by atoms with E-state index in [2.05, 4.69) is 17.0 Å². The Morgan fingerprint density at radius 1 is 1.12 bits per heavy atom. The second-order valence-corrected chi connectivity index (χ2v) is 8.75. The number of ketones is 1. The number of methoxy groups -OCH3 is 2. The molecule has 0 aliphatic carbocycles. The minimum Gasteiger partial charge on any atom is -0.497 e. The molecule has 1 aliphatic heterocycles. The predicted octanol–water partition coefficient (Wildman–Crippen LogP) is 5.21. The number of Topliss-reactive ketones (excluding diaryl/α,β-unsaturated/α-hetero) is 1. The molecular weight excluding hydrogens is 447 g/mol. The van der Waals surface area contributed by atoms with Gasteiger partial charge in [-0.25, -0.2) is 0 Å². The SMILES string of the molecule is COc1ccc(CCCN2CCC(CC(=O)Cc3cc(Cl)c(N)cc3OC)CC2)cc1.Cl. The minimum absolute atomic E-state index is 0. The summed E-state index contributed by atoms with van der Waals surface area (Å²) in [5.41, 5.74) is 8.45. The number of nitrogen functional groups attached to an aromatic ring is 1. The largest absolute Gasteiger partial charge is 0.497 e. The molecule has 1 fully saturated rings. The number of carbonyl (C=O) groups is 1. The lowest BCUT2D eigenvalue weighted by Gasteiger charge is -2.31. The summed E-state index contributed by atoms with van der Waals surface area (Å²) in [4.78, 5) is 15.2.